The van der Waals surface area contributed by atoms with Crippen molar-refractivity contribution in [3.05, 3.63) is 23.3 Å². The number of carbonyl (C=O) groups is 2. The highest BCUT2D eigenvalue weighted by Crippen LogP contribution is 2.28. The van der Waals surface area contributed by atoms with E-state index in [1.807, 2.05) is 0 Å². The molecule has 0 fully saturated rings. The normalized spacial score (nSPS) is 11.9. The van der Waals surface area contributed by atoms with Gasteiger partial charge in [-0.1, -0.05) is 0 Å². The Kier molecular flexibility index (Phi) is 4.11. The smallest absolute Gasteiger partial charge is 0.341 e. The van der Waals surface area contributed by atoms with Crippen LogP contribution in [0.5, 0.6) is 11.5 Å². The number of hydrogen-bond acceptors (Lipinski definition) is 6. The lowest BCUT2D eigenvalue weighted by atomic mass is 10.0. The molecule has 7 heteroatoms. The Morgan fingerprint density at radius 1 is 1.33 bits per heavy atom. The van der Waals surface area contributed by atoms with Gasteiger partial charge in [-0.05, 0) is 11.6 Å². The van der Waals surface area contributed by atoms with E-state index in [0.29, 0.717) is 0 Å². The summed E-state index contributed by atoms with van der Waals surface area (Å²) in [6.07, 6.45) is -0.175. The highest BCUT2D eigenvalue weighted by atomic mass is 16.5. The van der Waals surface area contributed by atoms with Crippen molar-refractivity contribution in [3.63, 3.8) is 0 Å². The van der Waals surface area contributed by atoms with Crippen LogP contribution in [0.4, 0.5) is 0 Å². The van der Waals surface area contributed by atoms with Crippen molar-refractivity contribution >= 4 is 11.9 Å². The minimum Gasteiger partial charge on any atom is -0.508 e. The van der Waals surface area contributed by atoms with Gasteiger partial charge in [-0.15, -0.1) is 0 Å². The topological polar surface area (TPSA) is 130 Å². The number of aliphatic carboxylic acids is 1. The van der Waals surface area contributed by atoms with Crippen molar-refractivity contribution in [2.45, 2.75) is 12.5 Å². The highest BCUT2D eigenvalue weighted by Gasteiger charge is 2.19. The molecule has 1 aromatic carbocycles. The van der Waals surface area contributed by atoms with Crippen LogP contribution in [-0.2, 0) is 16.0 Å². The van der Waals surface area contributed by atoms with Crippen molar-refractivity contribution in [1.29, 1.82) is 0 Å². The molecule has 7 nitrogen and oxygen atoms in total. The molecule has 0 spiro atoms. The molecular weight excluding hydrogens is 242 g/mol. The summed E-state index contributed by atoms with van der Waals surface area (Å²) in [6, 6.07) is 0.876. The van der Waals surface area contributed by atoms with Gasteiger partial charge in [0.15, 0.2) is 0 Å². The van der Waals surface area contributed by atoms with E-state index in [1.165, 1.54) is 0 Å². The second kappa shape index (κ2) is 5.37. The predicted octanol–water partition coefficient (Wildman–Crippen LogP) is -0.161. The monoisotopic (exact) mass is 255 g/mol. The van der Waals surface area contributed by atoms with Crippen LogP contribution in [-0.4, -0.2) is 40.4 Å². The lowest BCUT2D eigenvalue weighted by Gasteiger charge is -2.11. The van der Waals surface area contributed by atoms with E-state index in [-0.39, 0.29) is 23.3 Å². The number of carboxylic acid groups (broad SMARTS) is 1. The van der Waals surface area contributed by atoms with E-state index in [4.69, 9.17) is 10.8 Å². The Hall–Kier alpha value is -2.28. The summed E-state index contributed by atoms with van der Waals surface area (Å²) < 4.78 is 4.44. The first-order valence-corrected chi connectivity index (χ1v) is 4.98. The third kappa shape index (κ3) is 2.89. The molecule has 0 aliphatic carbocycles. The molecule has 0 saturated heterocycles. The maximum atomic E-state index is 11.3. The molecule has 0 saturated carbocycles. The number of methoxy groups -OCH3 is 1. The van der Waals surface area contributed by atoms with Crippen LogP contribution in [0.15, 0.2) is 12.1 Å². The van der Waals surface area contributed by atoms with Crippen LogP contribution >= 0.6 is 0 Å². The largest absolute Gasteiger partial charge is 0.508 e. The molecule has 0 aliphatic heterocycles. The number of phenolic OH excluding ortho intramolecular Hbond substituents is 2. The van der Waals surface area contributed by atoms with Crippen molar-refractivity contribution in [2.75, 3.05) is 7.11 Å². The van der Waals surface area contributed by atoms with Gasteiger partial charge in [-0.3, -0.25) is 4.79 Å². The molecule has 0 aliphatic rings. The van der Waals surface area contributed by atoms with Gasteiger partial charge in [0.05, 0.1) is 7.11 Å². The molecule has 98 valence electrons. The second-order valence-corrected chi connectivity index (χ2v) is 3.64. The van der Waals surface area contributed by atoms with Crippen LogP contribution < -0.4 is 5.73 Å². The van der Waals surface area contributed by atoms with Crippen molar-refractivity contribution < 1.29 is 29.6 Å². The summed E-state index contributed by atoms with van der Waals surface area (Å²) >= 11 is 0. The van der Waals surface area contributed by atoms with Crippen molar-refractivity contribution in [3.8, 4) is 11.5 Å². The predicted molar refractivity (Wildman–Crippen MR) is 60.4 cm³/mol. The summed E-state index contributed by atoms with van der Waals surface area (Å²) in [5.74, 6) is -2.82. The number of esters is 1. The van der Waals surface area contributed by atoms with Gasteiger partial charge >= 0.3 is 11.9 Å². The number of carboxylic acids is 1. The first-order valence-electron chi connectivity index (χ1n) is 4.98. The first-order chi connectivity index (χ1) is 8.36. The van der Waals surface area contributed by atoms with Crippen LogP contribution in [0.1, 0.15) is 15.9 Å². The molecule has 18 heavy (non-hydrogen) atoms. The van der Waals surface area contributed by atoms with E-state index < -0.39 is 23.7 Å². The number of carbonyl (C=O) groups excluding carboxylic acids is 1. The average molecular weight is 255 g/mol. The maximum absolute atomic E-state index is 11.3. The Balaban J connectivity index is 3.13. The summed E-state index contributed by atoms with van der Waals surface area (Å²) in [6.45, 7) is 0. The molecule has 1 atom stereocenters. The van der Waals surface area contributed by atoms with E-state index in [0.717, 1.165) is 19.2 Å². The lowest BCUT2D eigenvalue weighted by Crippen LogP contribution is -2.32. The van der Waals surface area contributed by atoms with E-state index >= 15 is 0 Å². The summed E-state index contributed by atoms with van der Waals surface area (Å²) in [4.78, 5) is 21.9. The number of phenols is 2. The Bertz CT molecular complexity index is 485. The van der Waals surface area contributed by atoms with Crippen molar-refractivity contribution in [1.82, 2.24) is 0 Å². The van der Waals surface area contributed by atoms with Gasteiger partial charge in [0.2, 0.25) is 0 Å². The second-order valence-electron chi connectivity index (χ2n) is 3.64. The highest BCUT2D eigenvalue weighted by molar-refractivity contribution is 5.93. The van der Waals surface area contributed by atoms with E-state index in [1.54, 1.807) is 0 Å². The van der Waals surface area contributed by atoms with E-state index in [9.17, 15) is 19.8 Å². The molecule has 0 heterocycles. The van der Waals surface area contributed by atoms with Crippen LogP contribution in [0.25, 0.3) is 0 Å². The first kappa shape index (κ1) is 13.8. The molecule has 5 N–H and O–H groups in total. The SMILES string of the molecule is COC(=O)c1cc(CC(N)C(=O)O)c(O)cc1O. The average Bonchev–Trinajstić information content (AvgIpc) is 2.31. The van der Waals surface area contributed by atoms with Gasteiger partial charge in [0, 0.05) is 12.5 Å². The number of nitrogens with two attached hydrogens (primary N) is 1. The summed E-state index contributed by atoms with van der Waals surface area (Å²) in [5, 5.41) is 27.7. The van der Waals surface area contributed by atoms with Crippen molar-refractivity contribution in [2.24, 2.45) is 5.73 Å². The zero-order chi connectivity index (χ0) is 13.9. The fourth-order valence-electron chi connectivity index (χ4n) is 1.38. The third-order valence-corrected chi connectivity index (χ3v) is 2.36. The number of ether oxygens (including phenoxy) is 1. The third-order valence-electron chi connectivity index (χ3n) is 2.36. The van der Waals surface area contributed by atoms with Crippen LogP contribution in [0.3, 0.4) is 0 Å². The molecule has 0 bridgehead atoms. The number of aromatic hydroxyl groups is 2. The molecule has 1 unspecified atom stereocenters. The maximum Gasteiger partial charge on any atom is 0.341 e. The molecular formula is C11H13NO6. The van der Waals surface area contributed by atoms with Gasteiger partial charge in [0.1, 0.15) is 23.1 Å². The Morgan fingerprint density at radius 2 is 1.94 bits per heavy atom. The van der Waals surface area contributed by atoms with Crippen LogP contribution in [0, 0.1) is 0 Å². The van der Waals surface area contributed by atoms with Crippen LogP contribution in [0.2, 0.25) is 0 Å². The zero-order valence-electron chi connectivity index (χ0n) is 9.58. The molecule has 1 aromatic rings. The number of benzene rings is 1. The molecule has 1 rings (SSSR count). The van der Waals surface area contributed by atoms with Gasteiger partial charge in [-0.25, -0.2) is 4.79 Å². The lowest BCUT2D eigenvalue weighted by molar-refractivity contribution is -0.138. The Labute approximate surface area is 102 Å². The molecule has 0 aromatic heterocycles. The number of hydrogen-bond donors (Lipinski definition) is 4. The quantitative estimate of drug-likeness (QED) is 0.550. The van der Waals surface area contributed by atoms with Gasteiger partial charge in [0.25, 0.3) is 0 Å². The minimum absolute atomic E-state index is 0.142. The standard InChI is InChI=1S/C11H13NO6/c1-18-11(17)6-2-5(3-7(12)10(15)16)8(13)4-9(6)14/h2,4,7,13-14H,3,12H2,1H3,(H,15,16). The number of rotatable bonds is 4. The fourth-order valence-corrected chi connectivity index (χ4v) is 1.38. The zero-order valence-corrected chi connectivity index (χ0v) is 9.58. The summed E-state index contributed by atoms with van der Waals surface area (Å²) in [5.41, 5.74) is 5.30. The van der Waals surface area contributed by atoms with E-state index in [2.05, 4.69) is 4.74 Å². The molecule has 0 amide bonds. The fraction of sp³-hybridized carbons (Fsp3) is 0.273. The Morgan fingerprint density at radius 3 is 2.44 bits per heavy atom. The summed E-state index contributed by atoms with van der Waals surface area (Å²) in [7, 11) is 1.14. The molecule has 0 radical (unpaired) electrons. The minimum atomic E-state index is -1.23. The van der Waals surface area contributed by atoms with Gasteiger partial charge in [-0.2, -0.15) is 0 Å². The van der Waals surface area contributed by atoms with Gasteiger partial charge < -0.3 is 25.8 Å².